The molecule has 16 aliphatic rings. The number of phenols is 1. The summed E-state index contributed by atoms with van der Waals surface area (Å²) in [7, 11) is 0. The standard InChI is InChI=1S/C15H22O3.2C14H20O3.C14H12O3.C13H18O3.C6H10O3/c1-10(2)13(17)18-15-6-11-3-12(7-15)5-14(4-11,8-15)9-16;1-9(2)12(15)17-14-6-10-3-11(7-14)5-13(16,4-10)8-14;1-2-12(16)17-14-6-10-3-11(7-14)5-13(4-10,8-14)9-15;1-9(2)14(16)17-13-8-4-5-10-11(13)6-3-7-12(10)15;1-2-11(14)16-13-6-9-3-10(7-13)5-12(15,4-9)8-13;1-5(2)6(8)9-4-3-7/h11-12,16H,1,3-9H2,2H3;10-11,16H,1,3-8H2,2H3;2,10-11,15H,1,3-9H2;3-8,15H,1H2,2H3;2,9-10,15H,1,3-8H2;7H,1,3-4H2,2H3. The maximum atomic E-state index is 11.8. The summed E-state index contributed by atoms with van der Waals surface area (Å²) in [6, 6.07) is 10.3. The minimum absolute atomic E-state index is 0.0272. The highest BCUT2D eigenvalue weighted by Crippen LogP contribution is 2.65. The highest BCUT2D eigenvalue weighted by atomic mass is 16.6. The number of hydrogen-bond acceptors (Lipinski definition) is 18. The van der Waals surface area contributed by atoms with Crippen molar-refractivity contribution < 1.29 is 87.8 Å². The third-order valence-corrected chi connectivity index (χ3v) is 22.2. The number of benzene rings is 2. The lowest BCUT2D eigenvalue weighted by Gasteiger charge is -2.60. The Morgan fingerprint density at radius 2 is 0.777 bits per heavy atom. The first kappa shape index (κ1) is 71.8. The van der Waals surface area contributed by atoms with E-state index in [2.05, 4.69) is 44.2 Å². The number of esters is 6. The predicted molar refractivity (Wildman–Crippen MR) is 352 cm³/mol. The molecule has 2 aromatic rings. The van der Waals surface area contributed by atoms with E-state index < -0.39 is 28.7 Å². The molecular weight excluding hydrogens is 1200 g/mol. The second kappa shape index (κ2) is 28.3. The Balaban J connectivity index is 0.000000134. The summed E-state index contributed by atoms with van der Waals surface area (Å²) >= 11 is 0. The quantitative estimate of drug-likeness (QED) is 0.0418. The summed E-state index contributed by atoms with van der Waals surface area (Å²) in [6.45, 7) is 28.0. The number of aliphatic hydroxyl groups excluding tert-OH is 3. The molecule has 16 fully saturated rings. The van der Waals surface area contributed by atoms with Gasteiger partial charge in [0.1, 0.15) is 40.5 Å². The van der Waals surface area contributed by atoms with Crippen molar-refractivity contribution in [2.45, 2.75) is 215 Å². The second-order valence-corrected chi connectivity index (χ2v) is 31.4. The van der Waals surface area contributed by atoms with Crippen molar-refractivity contribution in [1.82, 2.24) is 0 Å². The Kier molecular flexibility index (Phi) is 21.7. The lowest BCUT2D eigenvalue weighted by atomic mass is 9.48. The first-order valence-electron chi connectivity index (χ1n) is 33.9. The third-order valence-electron chi connectivity index (χ3n) is 22.2. The van der Waals surface area contributed by atoms with E-state index in [0.29, 0.717) is 99.0 Å². The molecule has 94 heavy (non-hydrogen) atoms. The number of hydrogen-bond donors (Lipinski definition) is 6. The fraction of sp³-hybridized carbons (Fsp3) is 0.632. The number of rotatable bonds is 15. The molecule has 0 aromatic heterocycles. The lowest BCUT2D eigenvalue weighted by molar-refractivity contribution is -0.218. The van der Waals surface area contributed by atoms with E-state index in [9.17, 15) is 54.3 Å². The van der Waals surface area contributed by atoms with Gasteiger partial charge in [-0.1, -0.05) is 63.7 Å². The number of carbonyl (C=O) groups excluding carboxylic acids is 6. The molecule has 8 atom stereocenters. The zero-order chi connectivity index (χ0) is 68.4. The number of aliphatic hydroxyl groups is 5. The van der Waals surface area contributed by atoms with Gasteiger partial charge in [0.05, 0.1) is 17.8 Å². The van der Waals surface area contributed by atoms with Crippen LogP contribution in [0.5, 0.6) is 11.5 Å². The van der Waals surface area contributed by atoms with Crippen molar-refractivity contribution >= 4 is 46.6 Å². The van der Waals surface area contributed by atoms with Crippen molar-refractivity contribution in [1.29, 1.82) is 0 Å². The largest absolute Gasteiger partial charge is 0.507 e. The van der Waals surface area contributed by atoms with Crippen LogP contribution >= 0.6 is 0 Å². The monoisotopic (exact) mass is 1300 g/mol. The molecule has 0 heterocycles. The van der Waals surface area contributed by atoms with Crippen LogP contribution in [0.3, 0.4) is 0 Å². The summed E-state index contributed by atoms with van der Waals surface area (Å²) in [6.07, 6.45) is 26.1. The van der Waals surface area contributed by atoms with Crippen LogP contribution in [0.15, 0.2) is 110 Å². The topological polar surface area (TPSA) is 279 Å². The lowest BCUT2D eigenvalue weighted by Crippen LogP contribution is -2.60. The van der Waals surface area contributed by atoms with Crippen LogP contribution in [0.25, 0.3) is 10.8 Å². The molecule has 16 saturated carbocycles. The van der Waals surface area contributed by atoms with Crippen LogP contribution in [0.2, 0.25) is 0 Å². The average Bonchev–Trinajstić information content (AvgIpc) is 0.753. The van der Waals surface area contributed by atoms with Crippen LogP contribution in [0, 0.1) is 58.2 Å². The van der Waals surface area contributed by atoms with Crippen molar-refractivity contribution in [2.75, 3.05) is 26.4 Å². The van der Waals surface area contributed by atoms with Crippen LogP contribution < -0.4 is 4.74 Å². The summed E-state index contributed by atoms with van der Waals surface area (Å²) < 4.78 is 32.3. The number of phenolic OH excluding ortho intramolecular Hbond substituents is 1. The molecule has 0 saturated heterocycles. The Morgan fingerprint density at radius 1 is 0.447 bits per heavy atom. The van der Waals surface area contributed by atoms with Gasteiger partial charge in [-0.2, -0.15) is 0 Å². The number of ether oxygens (including phenoxy) is 6. The first-order chi connectivity index (χ1) is 44.2. The zero-order valence-electron chi connectivity index (χ0n) is 55.9. The Hall–Kier alpha value is -6.44. The molecular formula is C76H102O18. The van der Waals surface area contributed by atoms with E-state index in [1.807, 2.05) is 0 Å². The van der Waals surface area contributed by atoms with Gasteiger partial charge in [0.15, 0.2) is 0 Å². The van der Waals surface area contributed by atoms with E-state index in [4.69, 9.17) is 28.8 Å². The highest BCUT2D eigenvalue weighted by Gasteiger charge is 2.63. The smallest absolute Gasteiger partial charge is 0.338 e. The summed E-state index contributed by atoms with van der Waals surface area (Å²) in [5.41, 5.74) is -0.835. The zero-order valence-corrected chi connectivity index (χ0v) is 55.9. The first-order valence-corrected chi connectivity index (χ1v) is 33.9. The molecule has 18 nitrogen and oxygen atoms in total. The van der Waals surface area contributed by atoms with Crippen LogP contribution in [0.4, 0.5) is 0 Å². The van der Waals surface area contributed by atoms with Crippen molar-refractivity contribution in [3.8, 4) is 11.5 Å². The fourth-order valence-electron chi connectivity index (χ4n) is 20.7. The molecule has 0 spiro atoms. The Labute approximate surface area is 553 Å². The Bertz CT molecular complexity index is 3220. The maximum absolute atomic E-state index is 11.8. The SMILES string of the molecule is C=C(C)C(=O)OC12CC3CC(CC(CO)(C3)C1)C2.C=C(C)C(=O)OC12CC3CC(CC(O)(C3)C1)C2.C=C(C)C(=O)OCCO.C=C(C)C(=O)Oc1cccc2c(O)cccc12.C=CC(=O)OC12CC3CC(CC(CO)(C3)C1)C2.C=CC(=O)OC12CC3CC(CC(O)(C3)C1)C2. The van der Waals surface area contributed by atoms with Gasteiger partial charge in [-0.05, 0) is 239 Å². The average molecular weight is 1300 g/mol. The van der Waals surface area contributed by atoms with Crippen LogP contribution in [-0.4, -0.2) is 126 Å². The molecule has 2 aromatic carbocycles. The summed E-state index contributed by atoms with van der Waals surface area (Å²) in [5, 5.41) is 59.6. The third kappa shape index (κ3) is 16.7. The van der Waals surface area contributed by atoms with Crippen LogP contribution in [0.1, 0.15) is 182 Å². The molecule has 0 radical (unpaired) electrons. The molecule has 514 valence electrons. The minimum atomic E-state index is -0.570. The normalized spacial score (nSPS) is 36.6. The van der Waals surface area contributed by atoms with Crippen molar-refractivity contribution in [3.63, 3.8) is 0 Å². The number of carbonyl (C=O) groups is 6. The van der Waals surface area contributed by atoms with Gasteiger partial charge in [0.2, 0.25) is 0 Å². The van der Waals surface area contributed by atoms with Gasteiger partial charge in [0, 0.05) is 71.3 Å². The molecule has 18 heteroatoms. The van der Waals surface area contributed by atoms with Gasteiger partial charge in [-0.15, -0.1) is 0 Å². The molecule has 6 N–H and O–H groups in total. The van der Waals surface area contributed by atoms with E-state index in [-0.39, 0.29) is 83.7 Å². The van der Waals surface area contributed by atoms with E-state index in [0.717, 1.165) is 116 Å². The molecule has 18 rings (SSSR count). The predicted octanol–water partition coefficient (Wildman–Crippen LogP) is 11.6. The van der Waals surface area contributed by atoms with E-state index in [1.165, 1.54) is 37.8 Å². The van der Waals surface area contributed by atoms with Gasteiger partial charge in [-0.25, -0.2) is 28.8 Å². The number of aromatic hydroxyl groups is 1. The maximum Gasteiger partial charge on any atom is 0.338 e. The molecule has 0 aliphatic heterocycles. The minimum Gasteiger partial charge on any atom is -0.507 e. The van der Waals surface area contributed by atoms with Gasteiger partial charge in [0.25, 0.3) is 0 Å². The summed E-state index contributed by atoms with van der Waals surface area (Å²) in [5.74, 6) is 3.18. The number of fused-ring (bicyclic) bond motifs is 1. The second-order valence-electron chi connectivity index (χ2n) is 31.4. The van der Waals surface area contributed by atoms with E-state index >= 15 is 0 Å². The van der Waals surface area contributed by atoms with Crippen LogP contribution in [-0.2, 0) is 52.5 Å². The van der Waals surface area contributed by atoms with Gasteiger partial charge in [-0.3, -0.25) is 0 Å². The Morgan fingerprint density at radius 3 is 1.12 bits per heavy atom. The van der Waals surface area contributed by atoms with Gasteiger partial charge >= 0.3 is 35.8 Å². The van der Waals surface area contributed by atoms with Gasteiger partial charge < -0.3 is 59.1 Å². The molecule has 0 amide bonds. The fourth-order valence-corrected chi connectivity index (χ4v) is 20.7. The summed E-state index contributed by atoms with van der Waals surface area (Å²) in [4.78, 5) is 68.4. The van der Waals surface area contributed by atoms with E-state index in [1.54, 1.807) is 64.1 Å². The molecule has 16 bridgehead atoms. The molecule has 16 aliphatic carbocycles. The molecule has 8 unspecified atom stereocenters. The highest BCUT2D eigenvalue weighted by molar-refractivity contribution is 5.96. The van der Waals surface area contributed by atoms with Crippen molar-refractivity contribution in [2.24, 2.45) is 58.2 Å². The van der Waals surface area contributed by atoms with Crippen molar-refractivity contribution in [3.05, 3.63) is 110 Å².